The van der Waals surface area contributed by atoms with E-state index in [0.717, 1.165) is 36.8 Å². The number of alkyl halides is 3. The van der Waals surface area contributed by atoms with E-state index in [2.05, 4.69) is 6.92 Å². The summed E-state index contributed by atoms with van der Waals surface area (Å²) in [4.78, 5) is 0. The van der Waals surface area contributed by atoms with Crippen molar-refractivity contribution >= 4 is 10.8 Å². The summed E-state index contributed by atoms with van der Waals surface area (Å²) < 4.78 is 67.6. The molecule has 0 nitrogen and oxygen atoms in total. The van der Waals surface area contributed by atoms with Crippen LogP contribution in [0.3, 0.4) is 0 Å². The summed E-state index contributed by atoms with van der Waals surface area (Å²) in [7, 11) is 0. The molecule has 5 heteroatoms. The Labute approximate surface area is 189 Å². The molecule has 33 heavy (non-hydrogen) atoms. The molecular weight excluding hydrogens is 431 g/mol. The maximum atomic E-state index is 15.3. The maximum absolute atomic E-state index is 15.3. The quantitative estimate of drug-likeness (QED) is 0.201. The predicted octanol–water partition coefficient (Wildman–Crippen LogP) is 9.20. The van der Waals surface area contributed by atoms with Crippen molar-refractivity contribution < 1.29 is 22.0 Å². The van der Waals surface area contributed by atoms with Gasteiger partial charge in [-0.2, -0.15) is 13.2 Å². The minimum atomic E-state index is -4.74. The van der Waals surface area contributed by atoms with Gasteiger partial charge in [-0.05, 0) is 52.6 Å². The van der Waals surface area contributed by atoms with E-state index in [1.54, 1.807) is 30.3 Å². The second-order valence-electron chi connectivity index (χ2n) is 8.21. The molecule has 0 saturated carbocycles. The summed E-state index contributed by atoms with van der Waals surface area (Å²) in [5.41, 5.74) is 1.83. The average molecular weight is 454 g/mol. The van der Waals surface area contributed by atoms with E-state index < -0.39 is 17.6 Å². The number of fused-ring (bicyclic) bond motifs is 1. The van der Waals surface area contributed by atoms with Gasteiger partial charge in [0.05, 0.1) is 5.56 Å². The van der Waals surface area contributed by atoms with Crippen molar-refractivity contribution in [2.45, 2.75) is 38.8 Å². The standard InChI is InChI=1S/C28H23F5/c1-2-3-4-5-18-6-13-24-22(16-18)11-14-23(27(24)30)20-9-7-19(8-10-20)21-12-15-25(26(29)17-21)28(31,32)33/h6-17H,2-5H2,1H3. The maximum Gasteiger partial charge on any atom is 0.419 e. The highest BCUT2D eigenvalue weighted by Crippen LogP contribution is 2.35. The van der Waals surface area contributed by atoms with Crippen LogP contribution in [0.1, 0.15) is 37.3 Å². The van der Waals surface area contributed by atoms with Crippen LogP contribution in [-0.2, 0) is 12.6 Å². The minimum absolute atomic E-state index is 0.319. The van der Waals surface area contributed by atoms with Crippen molar-refractivity contribution in [3.05, 3.63) is 95.6 Å². The Kier molecular flexibility index (Phi) is 6.50. The lowest BCUT2D eigenvalue weighted by atomic mass is 9.96. The molecule has 4 rings (SSSR count). The monoisotopic (exact) mass is 454 g/mol. The van der Waals surface area contributed by atoms with Gasteiger partial charge in [-0.25, -0.2) is 8.78 Å². The van der Waals surface area contributed by atoms with E-state index in [4.69, 9.17) is 0 Å². The van der Waals surface area contributed by atoms with E-state index in [9.17, 15) is 17.6 Å². The fraction of sp³-hybridized carbons (Fsp3) is 0.214. The molecule has 0 heterocycles. The molecule has 0 aliphatic carbocycles. The van der Waals surface area contributed by atoms with Crippen LogP contribution in [-0.4, -0.2) is 0 Å². The lowest BCUT2D eigenvalue weighted by Crippen LogP contribution is -2.07. The number of hydrogen-bond acceptors (Lipinski definition) is 0. The molecule has 4 aromatic carbocycles. The Hall–Kier alpha value is -3.21. The van der Waals surface area contributed by atoms with Crippen molar-refractivity contribution in [1.82, 2.24) is 0 Å². The van der Waals surface area contributed by atoms with Crippen molar-refractivity contribution in [2.24, 2.45) is 0 Å². The SMILES string of the molecule is CCCCCc1ccc2c(F)c(-c3ccc(-c4ccc(C(F)(F)F)c(F)c4)cc3)ccc2c1. The van der Waals surface area contributed by atoms with Crippen LogP contribution in [0.5, 0.6) is 0 Å². The minimum Gasteiger partial charge on any atom is -0.206 e. The first-order valence-corrected chi connectivity index (χ1v) is 11.0. The van der Waals surface area contributed by atoms with Crippen LogP contribution in [0.25, 0.3) is 33.0 Å². The Bertz CT molecular complexity index is 1270. The molecule has 4 aromatic rings. The first kappa shape index (κ1) is 23.0. The van der Waals surface area contributed by atoms with Crippen molar-refractivity contribution in [2.75, 3.05) is 0 Å². The highest BCUT2D eigenvalue weighted by Gasteiger charge is 2.33. The van der Waals surface area contributed by atoms with Crippen LogP contribution in [0, 0.1) is 11.6 Å². The predicted molar refractivity (Wildman–Crippen MR) is 123 cm³/mol. The van der Waals surface area contributed by atoms with Gasteiger partial charge >= 0.3 is 6.18 Å². The molecule has 0 fully saturated rings. The second-order valence-corrected chi connectivity index (χ2v) is 8.21. The average Bonchev–Trinajstić information content (AvgIpc) is 2.79. The molecule has 0 unspecified atom stereocenters. The molecule has 0 atom stereocenters. The molecule has 0 amide bonds. The molecule has 0 radical (unpaired) electrons. The van der Waals surface area contributed by atoms with E-state index >= 15 is 4.39 Å². The fourth-order valence-corrected chi connectivity index (χ4v) is 4.07. The van der Waals surface area contributed by atoms with Gasteiger partial charge in [0.15, 0.2) is 0 Å². The van der Waals surface area contributed by atoms with Crippen molar-refractivity contribution in [1.29, 1.82) is 0 Å². The van der Waals surface area contributed by atoms with Gasteiger partial charge in [0.2, 0.25) is 0 Å². The first-order valence-electron chi connectivity index (χ1n) is 11.0. The third kappa shape index (κ3) is 4.92. The number of halogens is 5. The third-order valence-electron chi connectivity index (χ3n) is 5.89. The lowest BCUT2D eigenvalue weighted by molar-refractivity contribution is -0.139. The van der Waals surface area contributed by atoms with Gasteiger partial charge in [0, 0.05) is 10.9 Å². The molecular formula is C28H23F5. The molecule has 0 N–H and O–H groups in total. The highest BCUT2D eigenvalue weighted by atomic mass is 19.4. The smallest absolute Gasteiger partial charge is 0.206 e. The number of benzene rings is 4. The molecule has 0 aromatic heterocycles. The summed E-state index contributed by atoms with van der Waals surface area (Å²) >= 11 is 0. The Balaban J connectivity index is 1.61. The van der Waals surface area contributed by atoms with Crippen LogP contribution in [0.15, 0.2) is 72.8 Å². The van der Waals surface area contributed by atoms with Crippen LogP contribution in [0.4, 0.5) is 22.0 Å². The summed E-state index contributed by atoms with van der Waals surface area (Å²) in [5, 5.41) is 1.39. The van der Waals surface area contributed by atoms with Gasteiger partial charge in [-0.3, -0.25) is 0 Å². The molecule has 170 valence electrons. The lowest BCUT2D eigenvalue weighted by Gasteiger charge is -2.11. The number of aryl methyl sites for hydroxylation is 1. The van der Waals surface area contributed by atoms with Crippen molar-refractivity contribution in [3.8, 4) is 22.3 Å². The Morgan fingerprint density at radius 1 is 0.697 bits per heavy atom. The summed E-state index contributed by atoms with van der Waals surface area (Å²) in [6.07, 6.45) is -0.341. The summed E-state index contributed by atoms with van der Waals surface area (Å²) in [6, 6.07) is 19.0. The summed E-state index contributed by atoms with van der Waals surface area (Å²) in [6.45, 7) is 2.16. The second kappa shape index (κ2) is 9.34. The molecule has 0 bridgehead atoms. The van der Waals surface area contributed by atoms with E-state index in [-0.39, 0.29) is 5.82 Å². The van der Waals surface area contributed by atoms with Gasteiger partial charge in [0.25, 0.3) is 0 Å². The van der Waals surface area contributed by atoms with Gasteiger partial charge in [0.1, 0.15) is 11.6 Å². The molecule has 0 aliphatic heterocycles. The van der Waals surface area contributed by atoms with E-state index in [0.29, 0.717) is 27.6 Å². The Morgan fingerprint density at radius 3 is 2.06 bits per heavy atom. The zero-order valence-corrected chi connectivity index (χ0v) is 18.1. The topological polar surface area (TPSA) is 0 Å². The number of unbranched alkanes of at least 4 members (excludes halogenated alkanes) is 2. The zero-order valence-electron chi connectivity index (χ0n) is 18.1. The van der Waals surface area contributed by atoms with E-state index in [1.165, 1.54) is 18.1 Å². The number of hydrogen-bond donors (Lipinski definition) is 0. The zero-order chi connectivity index (χ0) is 23.6. The van der Waals surface area contributed by atoms with Gasteiger partial charge < -0.3 is 0 Å². The fourth-order valence-electron chi connectivity index (χ4n) is 4.07. The normalized spacial score (nSPS) is 11.8. The molecule has 0 saturated heterocycles. The van der Waals surface area contributed by atoms with E-state index in [1.807, 2.05) is 24.3 Å². The molecule has 0 spiro atoms. The van der Waals surface area contributed by atoms with Gasteiger partial charge in [-0.1, -0.05) is 80.4 Å². The van der Waals surface area contributed by atoms with Crippen LogP contribution >= 0.6 is 0 Å². The first-order chi connectivity index (χ1) is 15.8. The molecule has 0 aliphatic rings. The summed E-state index contributed by atoms with van der Waals surface area (Å²) in [5.74, 6) is -1.64. The highest BCUT2D eigenvalue weighted by molar-refractivity contribution is 5.89. The van der Waals surface area contributed by atoms with Crippen molar-refractivity contribution in [3.63, 3.8) is 0 Å². The largest absolute Gasteiger partial charge is 0.419 e. The Morgan fingerprint density at radius 2 is 1.39 bits per heavy atom. The van der Waals surface area contributed by atoms with Gasteiger partial charge in [-0.15, -0.1) is 0 Å². The third-order valence-corrected chi connectivity index (χ3v) is 5.89. The number of rotatable bonds is 6. The van der Waals surface area contributed by atoms with Crippen LogP contribution in [0.2, 0.25) is 0 Å². The van der Waals surface area contributed by atoms with Crippen LogP contribution < -0.4 is 0 Å².